The van der Waals surface area contributed by atoms with Crippen molar-refractivity contribution >= 4 is 22.9 Å². The van der Waals surface area contributed by atoms with E-state index < -0.39 is 0 Å². The number of hydrogen-bond acceptors (Lipinski definition) is 4. The number of halogens is 1. The molecule has 1 unspecified atom stereocenters. The Morgan fingerprint density at radius 2 is 2.53 bits per heavy atom. The maximum absolute atomic E-state index is 5.72. The highest BCUT2D eigenvalue weighted by Gasteiger charge is 2.13. The SMILES string of the molecule is Clc1ncc(COCC2CCCCO2)s1. The Morgan fingerprint density at radius 3 is 3.20 bits per heavy atom. The molecule has 1 fully saturated rings. The van der Waals surface area contributed by atoms with Crippen LogP contribution in [0.15, 0.2) is 6.20 Å². The molecule has 15 heavy (non-hydrogen) atoms. The number of rotatable bonds is 4. The zero-order chi connectivity index (χ0) is 10.5. The first kappa shape index (κ1) is 11.3. The molecule has 1 aliphatic rings. The summed E-state index contributed by atoms with van der Waals surface area (Å²) >= 11 is 7.18. The summed E-state index contributed by atoms with van der Waals surface area (Å²) in [6.07, 6.45) is 5.58. The Balaban J connectivity index is 1.65. The van der Waals surface area contributed by atoms with Crippen LogP contribution in [0.25, 0.3) is 0 Å². The largest absolute Gasteiger partial charge is 0.376 e. The molecule has 1 saturated heterocycles. The van der Waals surface area contributed by atoms with Crippen molar-refractivity contribution in [3.63, 3.8) is 0 Å². The fourth-order valence-electron chi connectivity index (χ4n) is 1.58. The van der Waals surface area contributed by atoms with Gasteiger partial charge in [0.1, 0.15) is 0 Å². The highest BCUT2D eigenvalue weighted by atomic mass is 35.5. The minimum Gasteiger partial charge on any atom is -0.376 e. The molecule has 1 aromatic heterocycles. The van der Waals surface area contributed by atoms with Crippen LogP contribution in [0.4, 0.5) is 0 Å². The van der Waals surface area contributed by atoms with E-state index in [1.54, 1.807) is 6.20 Å². The van der Waals surface area contributed by atoms with Gasteiger partial charge >= 0.3 is 0 Å². The summed E-state index contributed by atoms with van der Waals surface area (Å²) in [6, 6.07) is 0. The summed E-state index contributed by atoms with van der Waals surface area (Å²) in [6.45, 7) is 2.14. The first-order valence-electron chi connectivity index (χ1n) is 5.14. The molecule has 1 atom stereocenters. The van der Waals surface area contributed by atoms with Gasteiger partial charge in [-0.3, -0.25) is 0 Å². The van der Waals surface area contributed by atoms with E-state index in [-0.39, 0.29) is 6.10 Å². The smallest absolute Gasteiger partial charge is 0.183 e. The monoisotopic (exact) mass is 247 g/mol. The topological polar surface area (TPSA) is 31.4 Å². The number of ether oxygens (including phenoxy) is 2. The Bertz CT molecular complexity index is 299. The van der Waals surface area contributed by atoms with Crippen LogP contribution in [0.1, 0.15) is 24.1 Å². The Labute approximate surface area is 98.4 Å². The van der Waals surface area contributed by atoms with Gasteiger partial charge in [0, 0.05) is 12.8 Å². The lowest BCUT2D eigenvalue weighted by Gasteiger charge is -2.22. The summed E-state index contributed by atoms with van der Waals surface area (Å²) in [5, 5.41) is 0. The molecule has 1 aromatic rings. The van der Waals surface area contributed by atoms with E-state index in [1.165, 1.54) is 24.2 Å². The molecule has 3 nitrogen and oxygen atoms in total. The van der Waals surface area contributed by atoms with Gasteiger partial charge in [0.25, 0.3) is 0 Å². The Kier molecular flexibility index (Phi) is 4.38. The normalized spacial score (nSPS) is 21.8. The minimum atomic E-state index is 0.280. The average Bonchev–Trinajstić information content (AvgIpc) is 2.66. The third-order valence-corrected chi connectivity index (χ3v) is 3.44. The zero-order valence-corrected chi connectivity index (χ0v) is 10.0. The second kappa shape index (κ2) is 5.80. The van der Waals surface area contributed by atoms with Crippen LogP contribution in [-0.2, 0) is 16.1 Å². The van der Waals surface area contributed by atoms with Crippen LogP contribution in [0, 0.1) is 0 Å². The maximum atomic E-state index is 5.72. The van der Waals surface area contributed by atoms with Gasteiger partial charge in [0.05, 0.1) is 24.2 Å². The summed E-state index contributed by atoms with van der Waals surface area (Å²) in [7, 11) is 0. The highest BCUT2D eigenvalue weighted by Crippen LogP contribution is 2.19. The van der Waals surface area contributed by atoms with Gasteiger partial charge in [-0.2, -0.15) is 0 Å². The van der Waals surface area contributed by atoms with Crippen molar-refractivity contribution in [3.05, 3.63) is 15.5 Å². The van der Waals surface area contributed by atoms with E-state index in [9.17, 15) is 0 Å². The van der Waals surface area contributed by atoms with Crippen molar-refractivity contribution in [3.8, 4) is 0 Å². The standard InChI is InChI=1S/C10H14ClNO2S/c11-10-12-5-9(15-10)7-13-6-8-3-1-2-4-14-8/h5,8H,1-4,6-7H2. The fraction of sp³-hybridized carbons (Fsp3) is 0.700. The van der Waals surface area contributed by atoms with Crippen LogP contribution >= 0.6 is 22.9 Å². The Hall–Kier alpha value is -0.160. The van der Waals surface area contributed by atoms with Crippen LogP contribution in [0.2, 0.25) is 4.47 Å². The van der Waals surface area contributed by atoms with Crippen molar-refractivity contribution in [1.82, 2.24) is 4.98 Å². The van der Waals surface area contributed by atoms with Crippen molar-refractivity contribution in [2.24, 2.45) is 0 Å². The predicted octanol–water partition coefficient (Wildman–Crippen LogP) is 2.88. The molecule has 2 rings (SSSR count). The van der Waals surface area contributed by atoms with Gasteiger partial charge in [-0.1, -0.05) is 11.6 Å². The van der Waals surface area contributed by atoms with E-state index in [0.29, 0.717) is 17.7 Å². The molecule has 0 radical (unpaired) electrons. The molecule has 0 amide bonds. The minimum absolute atomic E-state index is 0.280. The van der Waals surface area contributed by atoms with E-state index in [1.807, 2.05) is 0 Å². The number of nitrogens with zero attached hydrogens (tertiary/aromatic N) is 1. The maximum Gasteiger partial charge on any atom is 0.183 e. The molecule has 1 aliphatic heterocycles. The van der Waals surface area contributed by atoms with Crippen molar-refractivity contribution < 1.29 is 9.47 Å². The van der Waals surface area contributed by atoms with Gasteiger partial charge in [-0.05, 0) is 19.3 Å². The average molecular weight is 248 g/mol. The van der Waals surface area contributed by atoms with E-state index in [2.05, 4.69) is 4.98 Å². The molecule has 0 bridgehead atoms. The van der Waals surface area contributed by atoms with Crippen molar-refractivity contribution in [2.75, 3.05) is 13.2 Å². The van der Waals surface area contributed by atoms with Crippen molar-refractivity contribution in [1.29, 1.82) is 0 Å². The van der Waals surface area contributed by atoms with E-state index >= 15 is 0 Å². The van der Waals surface area contributed by atoms with Gasteiger partial charge in [-0.15, -0.1) is 11.3 Å². The lowest BCUT2D eigenvalue weighted by atomic mass is 10.1. The third kappa shape index (κ3) is 3.72. The van der Waals surface area contributed by atoms with Gasteiger partial charge in [0.15, 0.2) is 4.47 Å². The lowest BCUT2D eigenvalue weighted by molar-refractivity contribution is -0.0443. The van der Waals surface area contributed by atoms with Crippen LogP contribution in [0.3, 0.4) is 0 Å². The summed E-state index contributed by atoms with van der Waals surface area (Å²) in [5.74, 6) is 0. The van der Waals surface area contributed by atoms with E-state index in [4.69, 9.17) is 21.1 Å². The van der Waals surface area contributed by atoms with Crippen LogP contribution < -0.4 is 0 Å². The molecule has 0 N–H and O–H groups in total. The summed E-state index contributed by atoms with van der Waals surface area (Å²) in [4.78, 5) is 5.02. The molecule has 5 heteroatoms. The first-order valence-corrected chi connectivity index (χ1v) is 6.33. The van der Waals surface area contributed by atoms with Crippen LogP contribution in [0.5, 0.6) is 0 Å². The molecular weight excluding hydrogens is 234 g/mol. The van der Waals surface area contributed by atoms with Gasteiger partial charge < -0.3 is 9.47 Å². The van der Waals surface area contributed by atoms with Gasteiger partial charge in [0.2, 0.25) is 0 Å². The van der Waals surface area contributed by atoms with E-state index in [0.717, 1.165) is 17.9 Å². The quantitative estimate of drug-likeness (QED) is 0.820. The number of thiazole rings is 1. The van der Waals surface area contributed by atoms with Crippen LogP contribution in [-0.4, -0.2) is 24.3 Å². The summed E-state index contributed by atoms with van der Waals surface area (Å²) < 4.78 is 11.7. The molecule has 0 aromatic carbocycles. The molecular formula is C10H14ClNO2S. The molecule has 2 heterocycles. The molecule has 0 saturated carbocycles. The predicted molar refractivity (Wildman–Crippen MR) is 60.4 cm³/mol. The number of hydrogen-bond donors (Lipinski definition) is 0. The highest BCUT2D eigenvalue weighted by molar-refractivity contribution is 7.15. The second-order valence-corrected chi connectivity index (χ2v) is 5.28. The number of aromatic nitrogens is 1. The molecule has 0 aliphatic carbocycles. The lowest BCUT2D eigenvalue weighted by Crippen LogP contribution is -2.24. The second-order valence-electron chi connectivity index (χ2n) is 3.58. The summed E-state index contributed by atoms with van der Waals surface area (Å²) in [5.41, 5.74) is 0. The van der Waals surface area contributed by atoms with Crippen molar-refractivity contribution in [2.45, 2.75) is 32.0 Å². The fourth-order valence-corrected chi connectivity index (χ4v) is 2.50. The molecule has 84 valence electrons. The zero-order valence-electron chi connectivity index (χ0n) is 8.45. The Morgan fingerprint density at radius 1 is 1.60 bits per heavy atom. The first-order chi connectivity index (χ1) is 7.34. The third-order valence-electron chi connectivity index (χ3n) is 2.35. The molecule has 0 spiro atoms. The van der Waals surface area contributed by atoms with Gasteiger partial charge in [-0.25, -0.2) is 4.98 Å².